The van der Waals surface area contributed by atoms with E-state index in [1.165, 1.54) is 0 Å². The summed E-state index contributed by atoms with van der Waals surface area (Å²) in [5.41, 5.74) is 0.842. The maximum Gasteiger partial charge on any atom is 0.231 e. The van der Waals surface area contributed by atoms with Gasteiger partial charge in [0.25, 0.3) is 0 Å². The van der Waals surface area contributed by atoms with Crippen LogP contribution in [0.2, 0.25) is 0 Å². The van der Waals surface area contributed by atoms with Gasteiger partial charge in [-0.2, -0.15) is 0 Å². The van der Waals surface area contributed by atoms with Gasteiger partial charge in [0.15, 0.2) is 0 Å². The molecule has 0 saturated heterocycles. The molecule has 0 saturated carbocycles. The van der Waals surface area contributed by atoms with Gasteiger partial charge in [0, 0.05) is 6.07 Å². The Hall–Kier alpha value is -1.32. The SMILES string of the molecule is CC(C)c1cc(NC=O)on1. The fourth-order valence-electron chi connectivity index (χ4n) is 0.687. The summed E-state index contributed by atoms with van der Waals surface area (Å²) in [6, 6.07) is 1.71. The Bertz CT molecular complexity index is 242. The van der Waals surface area contributed by atoms with Gasteiger partial charge in [-0.15, -0.1) is 0 Å². The minimum atomic E-state index is 0.320. The Morgan fingerprint density at radius 3 is 2.91 bits per heavy atom. The van der Waals surface area contributed by atoms with Crippen LogP contribution >= 0.6 is 0 Å². The summed E-state index contributed by atoms with van der Waals surface area (Å²) in [5.74, 6) is 0.713. The molecule has 0 aromatic carbocycles. The zero-order chi connectivity index (χ0) is 8.27. The van der Waals surface area contributed by atoms with Crippen LogP contribution in [0.25, 0.3) is 0 Å². The number of carbonyl (C=O) groups excluding carboxylic acids is 1. The molecule has 0 unspecified atom stereocenters. The Balaban J connectivity index is 2.73. The Labute approximate surface area is 64.6 Å². The summed E-state index contributed by atoms with van der Waals surface area (Å²) in [6.07, 6.45) is 0.560. The summed E-state index contributed by atoms with van der Waals surface area (Å²) in [5, 5.41) is 6.11. The molecule has 0 radical (unpaired) electrons. The van der Waals surface area contributed by atoms with Gasteiger partial charge in [-0.25, -0.2) is 0 Å². The van der Waals surface area contributed by atoms with E-state index in [4.69, 9.17) is 4.52 Å². The van der Waals surface area contributed by atoms with Crippen molar-refractivity contribution in [2.75, 3.05) is 5.32 Å². The van der Waals surface area contributed by atoms with Gasteiger partial charge in [-0.05, 0) is 5.92 Å². The van der Waals surface area contributed by atoms with E-state index in [1.54, 1.807) is 6.07 Å². The van der Waals surface area contributed by atoms with E-state index in [-0.39, 0.29) is 0 Å². The molecular weight excluding hydrogens is 144 g/mol. The lowest BCUT2D eigenvalue weighted by Gasteiger charge is -1.92. The predicted molar refractivity (Wildman–Crippen MR) is 40.3 cm³/mol. The van der Waals surface area contributed by atoms with Gasteiger partial charge in [-0.1, -0.05) is 19.0 Å². The number of nitrogens with one attached hydrogen (secondary N) is 1. The second kappa shape index (κ2) is 3.18. The van der Waals surface area contributed by atoms with Crippen LogP contribution in [-0.2, 0) is 4.79 Å². The van der Waals surface area contributed by atoms with Crippen LogP contribution in [-0.4, -0.2) is 11.6 Å². The molecule has 1 N–H and O–H groups in total. The van der Waals surface area contributed by atoms with Crippen molar-refractivity contribution < 1.29 is 9.32 Å². The molecule has 0 atom stereocenters. The smallest absolute Gasteiger partial charge is 0.231 e. The third-order valence-corrected chi connectivity index (χ3v) is 1.32. The lowest BCUT2D eigenvalue weighted by atomic mass is 10.1. The summed E-state index contributed by atoms with van der Waals surface area (Å²) < 4.78 is 4.77. The second-order valence-electron chi connectivity index (χ2n) is 2.53. The van der Waals surface area contributed by atoms with Gasteiger partial charge >= 0.3 is 0 Å². The quantitative estimate of drug-likeness (QED) is 0.669. The van der Waals surface area contributed by atoms with Crippen LogP contribution in [0.4, 0.5) is 5.88 Å². The highest BCUT2D eigenvalue weighted by atomic mass is 16.5. The molecule has 1 rings (SSSR count). The van der Waals surface area contributed by atoms with Gasteiger partial charge < -0.3 is 4.52 Å². The fraction of sp³-hybridized carbons (Fsp3) is 0.429. The van der Waals surface area contributed by atoms with Crippen LogP contribution in [0.5, 0.6) is 0 Å². The maximum absolute atomic E-state index is 9.95. The van der Waals surface area contributed by atoms with Gasteiger partial charge in [0.2, 0.25) is 12.3 Å². The molecule has 4 nitrogen and oxygen atoms in total. The van der Waals surface area contributed by atoms with Crippen molar-refractivity contribution >= 4 is 12.3 Å². The highest BCUT2D eigenvalue weighted by Gasteiger charge is 2.05. The molecule has 1 aromatic heterocycles. The molecule has 0 aliphatic rings. The largest absolute Gasteiger partial charge is 0.338 e. The van der Waals surface area contributed by atoms with E-state index in [9.17, 15) is 4.79 Å². The van der Waals surface area contributed by atoms with E-state index in [0.29, 0.717) is 18.2 Å². The standard InChI is InChI=1S/C7H10N2O2/c1-5(2)6-3-7(8-4-10)11-9-6/h3-5H,1-2H3,(H,8,10). The van der Waals surface area contributed by atoms with Crippen molar-refractivity contribution in [1.29, 1.82) is 0 Å². The zero-order valence-corrected chi connectivity index (χ0v) is 6.50. The summed E-state index contributed by atoms with van der Waals surface area (Å²) >= 11 is 0. The first-order valence-corrected chi connectivity index (χ1v) is 3.41. The van der Waals surface area contributed by atoms with E-state index < -0.39 is 0 Å². The third kappa shape index (κ3) is 1.80. The molecule has 4 heteroatoms. The number of carbonyl (C=O) groups is 1. The Kier molecular flexibility index (Phi) is 2.25. The Morgan fingerprint density at radius 1 is 1.73 bits per heavy atom. The van der Waals surface area contributed by atoms with Crippen molar-refractivity contribution in [3.8, 4) is 0 Å². The zero-order valence-electron chi connectivity index (χ0n) is 6.50. The Morgan fingerprint density at radius 2 is 2.45 bits per heavy atom. The van der Waals surface area contributed by atoms with Crippen molar-refractivity contribution in [1.82, 2.24) is 5.16 Å². The molecule has 1 heterocycles. The number of nitrogens with zero attached hydrogens (tertiary/aromatic N) is 1. The van der Waals surface area contributed by atoms with Gasteiger partial charge in [0.1, 0.15) is 0 Å². The van der Waals surface area contributed by atoms with Crippen molar-refractivity contribution in [3.63, 3.8) is 0 Å². The number of rotatable bonds is 3. The average Bonchev–Trinajstić information content (AvgIpc) is 2.37. The summed E-state index contributed by atoms with van der Waals surface area (Å²) in [7, 11) is 0. The number of aromatic nitrogens is 1. The monoisotopic (exact) mass is 154 g/mol. The van der Waals surface area contributed by atoms with Crippen LogP contribution in [0.15, 0.2) is 10.6 Å². The van der Waals surface area contributed by atoms with E-state index in [0.717, 1.165) is 5.69 Å². The molecule has 1 aromatic rings. The first-order chi connectivity index (χ1) is 5.24. The molecule has 11 heavy (non-hydrogen) atoms. The van der Waals surface area contributed by atoms with Crippen LogP contribution in [0.3, 0.4) is 0 Å². The average molecular weight is 154 g/mol. The van der Waals surface area contributed by atoms with E-state index in [1.807, 2.05) is 13.8 Å². The molecular formula is C7H10N2O2. The van der Waals surface area contributed by atoms with Crippen LogP contribution < -0.4 is 5.32 Å². The van der Waals surface area contributed by atoms with Crippen molar-refractivity contribution in [2.45, 2.75) is 19.8 Å². The number of hydrogen-bond acceptors (Lipinski definition) is 3. The summed E-state index contributed by atoms with van der Waals surface area (Å²) in [4.78, 5) is 9.95. The minimum absolute atomic E-state index is 0.320. The molecule has 60 valence electrons. The first-order valence-electron chi connectivity index (χ1n) is 3.41. The van der Waals surface area contributed by atoms with Crippen molar-refractivity contribution in [3.05, 3.63) is 11.8 Å². The summed E-state index contributed by atoms with van der Waals surface area (Å²) in [6.45, 7) is 4.01. The second-order valence-corrected chi connectivity index (χ2v) is 2.53. The lowest BCUT2D eigenvalue weighted by molar-refractivity contribution is -0.105. The first kappa shape index (κ1) is 7.78. The highest BCUT2D eigenvalue weighted by molar-refractivity contribution is 5.67. The molecule has 0 aliphatic heterocycles. The van der Waals surface area contributed by atoms with Gasteiger partial charge in [0.05, 0.1) is 5.69 Å². The van der Waals surface area contributed by atoms with Crippen LogP contribution in [0.1, 0.15) is 25.5 Å². The maximum atomic E-state index is 9.95. The van der Waals surface area contributed by atoms with E-state index >= 15 is 0 Å². The molecule has 0 aliphatic carbocycles. The topological polar surface area (TPSA) is 55.1 Å². The highest BCUT2D eigenvalue weighted by Crippen LogP contribution is 2.16. The lowest BCUT2D eigenvalue weighted by Crippen LogP contribution is -1.90. The van der Waals surface area contributed by atoms with Crippen LogP contribution in [0, 0.1) is 0 Å². The van der Waals surface area contributed by atoms with E-state index in [2.05, 4.69) is 10.5 Å². The van der Waals surface area contributed by atoms with Crippen molar-refractivity contribution in [2.24, 2.45) is 0 Å². The molecule has 0 bridgehead atoms. The molecule has 0 fully saturated rings. The minimum Gasteiger partial charge on any atom is -0.338 e. The number of hydrogen-bond donors (Lipinski definition) is 1. The van der Waals surface area contributed by atoms with Gasteiger partial charge in [-0.3, -0.25) is 10.1 Å². The number of anilines is 1. The molecule has 0 spiro atoms. The number of amides is 1. The third-order valence-electron chi connectivity index (χ3n) is 1.32. The molecule has 1 amide bonds. The fourth-order valence-corrected chi connectivity index (χ4v) is 0.687. The normalized spacial score (nSPS) is 10.1. The predicted octanol–water partition coefficient (Wildman–Crippen LogP) is 1.37.